The maximum absolute atomic E-state index is 12.9. The van der Waals surface area contributed by atoms with Crippen LogP contribution < -0.4 is 5.32 Å². The van der Waals surface area contributed by atoms with E-state index in [4.69, 9.17) is 0 Å². The van der Waals surface area contributed by atoms with Gasteiger partial charge in [-0.25, -0.2) is 14.4 Å². The van der Waals surface area contributed by atoms with E-state index in [1.54, 1.807) is 0 Å². The molecule has 1 aromatic carbocycles. The lowest BCUT2D eigenvalue weighted by Gasteiger charge is -2.33. The van der Waals surface area contributed by atoms with E-state index in [1.807, 2.05) is 35.4 Å². The highest BCUT2D eigenvalue weighted by Gasteiger charge is 2.24. The average Bonchev–Trinajstić information content (AvgIpc) is 3.07. The molecule has 0 saturated carbocycles. The van der Waals surface area contributed by atoms with Gasteiger partial charge in [0.25, 0.3) is 0 Å². The number of benzene rings is 1. The Morgan fingerprint density at radius 2 is 2.12 bits per heavy atom. The molecule has 1 saturated heterocycles. The molecule has 0 bridgehead atoms. The Labute approximate surface area is 150 Å². The first-order valence-electron chi connectivity index (χ1n) is 8.76. The Bertz CT molecular complexity index is 908. The molecule has 1 fully saturated rings. The van der Waals surface area contributed by atoms with Crippen LogP contribution in [0.1, 0.15) is 18.4 Å². The summed E-state index contributed by atoms with van der Waals surface area (Å²) in [6, 6.07) is 8.06. The highest BCUT2D eigenvalue weighted by Crippen LogP contribution is 2.20. The summed E-state index contributed by atoms with van der Waals surface area (Å²) < 4.78 is 12.9. The molecule has 6 nitrogen and oxygen atoms in total. The summed E-state index contributed by atoms with van der Waals surface area (Å²) in [4.78, 5) is 25.7. The Hall–Kier alpha value is -2.96. The number of likely N-dealkylation sites (tertiary alicyclic amines) is 1. The fourth-order valence-corrected chi connectivity index (χ4v) is 3.44. The molecule has 1 aliphatic heterocycles. The number of carbonyl (C=O) groups excluding carboxylic acids is 1. The number of carbonyl (C=O) groups is 1. The van der Waals surface area contributed by atoms with Gasteiger partial charge in [-0.05, 0) is 24.5 Å². The number of hydrogen-bond acceptors (Lipinski definition) is 4. The lowest BCUT2D eigenvalue weighted by Crippen LogP contribution is -2.45. The van der Waals surface area contributed by atoms with Crippen molar-refractivity contribution in [3.05, 3.63) is 54.2 Å². The standard InChI is InChI=1S/C19H20FN5O/c20-14-10-22-19(23-11-14)24-15-4-3-7-25(12-15)18(26)8-13-9-21-17-6-2-1-5-16(13)17/h1-2,5-6,9-11,15,21H,3-4,7-8,12H2,(H,22,23,24)/t15-/m0/s1. The van der Waals surface area contributed by atoms with Crippen molar-refractivity contribution in [2.75, 3.05) is 18.4 Å². The van der Waals surface area contributed by atoms with Gasteiger partial charge in [0, 0.05) is 36.2 Å². The number of halogens is 1. The van der Waals surface area contributed by atoms with E-state index in [0.717, 1.165) is 48.2 Å². The summed E-state index contributed by atoms with van der Waals surface area (Å²) in [7, 11) is 0. The SMILES string of the molecule is O=C(Cc1c[nH]c2ccccc12)N1CCC[C@H](Nc2ncc(F)cn2)C1. The van der Waals surface area contributed by atoms with E-state index in [1.165, 1.54) is 0 Å². The molecule has 2 N–H and O–H groups in total. The molecule has 0 radical (unpaired) electrons. The van der Waals surface area contributed by atoms with Crippen LogP contribution >= 0.6 is 0 Å². The molecule has 7 heteroatoms. The van der Waals surface area contributed by atoms with Crippen LogP contribution in [0.4, 0.5) is 10.3 Å². The number of piperidine rings is 1. The number of anilines is 1. The second-order valence-corrected chi connectivity index (χ2v) is 6.58. The Balaban J connectivity index is 1.40. The normalized spacial score (nSPS) is 17.4. The van der Waals surface area contributed by atoms with Crippen molar-refractivity contribution in [3.63, 3.8) is 0 Å². The van der Waals surface area contributed by atoms with Crippen LogP contribution in [-0.4, -0.2) is 44.9 Å². The zero-order chi connectivity index (χ0) is 17.9. The van der Waals surface area contributed by atoms with Gasteiger partial charge in [0.15, 0.2) is 5.82 Å². The van der Waals surface area contributed by atoms with Crippen molar-refractivity contribution in [1.82, 2.24) is 19.9 Å². The van der Waals surface area contributed by atoms with Crippen molar-refractivity contribution in [3.8, 4) is 0 Å². The molecule has 4 rings (SSSR count). The minimum Gasteiger partial charge on any atom is -0.361 e. The zero-order valence-electron chi connectivity index (χ0n) is 14.3. The number of nitrogens with one attached hydrogen (secondary N) is 2. The van der Waals surface area contributed by atoms with Gasteiger partial charge in [-0.2, -0.15) is 0 Å². The molecule has 1 atom stereocenters. The van der Waals surface area contributed by atoms with Crippen LogP contribution in [0.3, 0.4) is 0 Å². The number of rotatable bonds is 4. The molecule has 0 aliphatic carbocycles. The second-order valence-electron chi connectivity index (χ2n) is 6.58. The summed E-state index contributed by atoms with van der Waals surface area (Å²) >= 11 is 0. The summed E-state index contributed by atoms with van der Waals surface area (Å²) in [6.45, 7) is 1.35. The molecule has 3 aromatic rings. The van der Waals surface area contributed by atoms with E-state index in [9.17, 15) is 9.18 Å². The zero-order valence-corrected chi connectivity index (χ0v) is 14.3. The number of H-pyrrole nitrogens is 1. The van der Waals surface area contributed by atoms with Gasteiger partial charge in [-0.3, -0.25) is 4.79 Å². The maximum Gasteiger partial charge on any atom is 0.227 e. The number of nitrogens with zero attached hydrogens (tertiary/aromatic N) is 3. The number of aromatic nitrogens is 3. The molecule has 3 heterocycles. The van der Waals surface area contributed by atoms with Crippen LogP contribution in [0.5, 0.6) is 0 Å². The number of aromatic amines is 1. The molecule has 0 spiro atoms. The van der Waals surface area contributed by atoms with Crippen molar-refractivity contribution in [1.29, 1.82) is 0 Å². The average molecular weight is 353 g/mol. The third-order valence-electron chi connectivity index (χ3n) is 4.74. The quantitative estimate of drug-likeness (QED) is 0.756. The predicted molar refractivity (Wildman–Crippen MR) is 97.2 cm³/mol. The monoisotopic (exact) mass is 353 g/mol. The highest BCUT2D eigenvalue weighted by molar-refractivity contribution is 5.88. The van der Waals surface area contributed by atoms with Gasteiger partial charge in [0.2, 0.25) is 11.9 Å². The Morgan fingerprint density at radius 1 is 1.31 bits per heavy atom. The first-order chi connectivity index (χ1) is 12.7. The van der Waals surface area contributed by atoms with Crippen LogP contribution in [0.2, 0.25) is 0 Å². The molecule has 134 valence electrons. The van der Waals surface area contributed by atoms with Crippen molar-refractivity contribution >= 4 is 22.8 Å². The predicted octanol–water partition coefficient (Wildman–Crippen LogP) is 2.74. The van der Waals surface area contributed by atoms with Gasteiger partial charge in [0.05, 0.1) is 18.8 Å². The first-order valence-corrected chi connectivity index (χ1v) is 8.76. The van der Waals surface area contributed by atoms with Gasteiger partial charge < -0.3 is 15.2 Å². The molecule has 26 heavy (non-hydrogen) atoms. The summed E-state index contributed by atoms with van der Waals surface area (Å²) in [6.07, 6.45) is 6.41. The molecule has 0 unspecified atom stereocenters. The number of para-hydroxylation sites is 1. The molecular weight excluding hydrogens is 333 g/mol. The van der Waals surface area contributed by atoms with Gasteiger partial charge in [-0.15, -0.1) is 0 Å². The Kier molecular flexibility index (Phi) is 4.51. The van der Waals surface area contributed by atoms with Crippen LogP contribution in [0.15, 0.2) is 42.9 Å². The van der Waals surface area contributed by atoms with Crippen LogP contribution in [0.25, 0.3) is 10.9 Å². The molecule has 1 amide bonds. The summed E-state index contributed by atoms with van der Waals surface area (Å²) in [5, 5.41) is 4.28. The van der Waals surface area contributed by atoms with Crippen LogP contribution in [-0.2, 0) is 11.2 Å². The first kappa shape index (κ1) is 16.5. The Morgan fingerprint density at radius 3 is 2.96 bits per heavy atom. The third kappa shape index (κ3) is 3.51. The van der Waals surface area contributed by atoms with Crippen molar-refractivity contribution in [2.24, 2.45) is 0 Å². The minimum absolute atomic E-state index is 0.0705. The molecular formula is C19H20FN5O. The van der Waals surface area contributed by atoms with E-state index in [0.29, 0.717) is 18.9 Å². The number of amides is 1. The fourth-order valence-electron chi connectivity index (χ4n) is 3.44. The number of fused-ring (bicyclic) bond motifs is 1. The van der Waals surface area contributed by atoms with E-state index in [-0.39, 0.29) is 11.9 Å². The maximum atomic E-state index is 12.9. The third-order valence-corrected chi connectivity index (χ3v) is 4.74. The topological polar surface area (TPSA) is 73.9 Å². The molecule has 2 aromatic heterocycles. The molecule has 1 aliphatic rings. The lowest BCUT2D eigenvalue weighted by atomic mass is 10.0. The van der Waals surface area contributed by atoms with Crippen molar-refractivity contribution < 1.29 is 9.18 Å². The van der Waals surface area contributed by atoms with Gasteiger partial charge >= 0.3 is 0 Å². The van der Waals surface area contributed by atoms with E-state index < -0.39 is 5.82 Å². The highest BCUT2D eigenvalue weighted by atomic mass is 19.1. The van der Waals surface area contributed by atoms with Gasteiger partial charge in [-0.1, -0.05) is 18.2 Å². The largest absolute Gasteiger partial charge is 0.361 e. The smallest absolute Gasteiger partial charge is 0.227 e. The minimum atomic E-state index is -0.463. The second kappa shape index (κ2) is 7.11. The summed E-state index contributed by atoms with van der Waals surface area (Å²) in [5.41, 5.74) is 2.06. The van der Waals surface area contributed by atoms with E-state index >= 15 is 0 Å². The van der Waals surface area contributed by atoms with Crippen molar-refractivity contribution in [2.45, 2.75) is 25.3 Å². The fraction of sp³-hybridized carbons (Fsp3) is 0.316. The van der Waals surface area contributed by atoms with E-state index in [2.05, 4.69) is 20.3 Å². The van der Waals surface area contributed by atoms with Crippen LogP contribution in [0, 0.1) is 5.82 Å². The number of hydrogen-bond donors (Lipinski definition) is 2. The lowest BCUT2D eigenvalue weighted by molar-refractivity contribution is -0.131. The van der Waals surface area contributed by atoms with Gasteiger partial charge in [0.1, 0.15) is 0 Å². The summed E-state index contributed by atoms with van der Waals surface area (Å²) in [5.74, 6) is 0.0401.